The summed E-state index contributed by atoms with van der Waals surface area (Å²) in [4.78, 5) is 4.09. The van der Waals surface area contributed by atoms with E-state index in [1.54, 1.807) is 12.1 Å². The van der Waals surface area contributed by atoms with E-state index < -0.39 is 23.9 Å². The Balaban J connectivity index is 2.20. The first kappa shape index (κ1) is 13.9. The maximum Gasteiger partial charge on any atom is 0.225 e. The van der Waals surface area contributed by atoms with E-state index in [2.05, 4.69) is 10.1 Å². The van der Waals surface area contributed by atoms with E-state index in [1.807, 2.05) is 19.9 Å². The van der Waals surface area contributed by atoms with Crippen molar-refractivity contribution in [3.05, 3.63) is 29.8 Å². The van der Waals surface area contributed by atoms with Crippen LogP contribution in [0.2, 0.25) is 0 Å². The van der Waals surface area contributed by atoms with Crippen LogP contribution in [0.3, 0.4) is 0 Å². The maximum absolute atomic E-state index is 10.4. The minimum absolute atomic E-state index is 0.396. The van der Waals surface area contributed by atoms with Crippen molar-refractivity contribution >= 4 is 5.52 Å². The summed E-state index contributed by atoms with van der Waals surface area (Å²) in [5.41, 5.74) is 0.248. The molecule has 0 radical (unpaired) electrons. The summed E-state index contributed by atoms with van der Waals surface area (Å²) in [5.74, 6) is 0. The molecule has 110 valence electrons. The van der Waals surface area contributed by atoms with Crippen molar-refractivity contribution in [2.45, 2.75) is 44.2 Å². The van der Waals surface area contributed by atoms with Crippen LogP contribution < -0.4 is 0 Å². The fourth-order valence-corrected chi connectivity index (χ4v) is 2.85. The van der Waals surface area contributed by atoms with Gasteiger partial charge >= 0.3 is 0 Å². The van der Waals surface area contributed by atoms with Crippen molar-refractivity contribution < 1.29 is 14.9 Å². The zero-order valence-electron chi connectivity index (χ0n) is 11.8. The molecule has 2 N–H and O–H groups in total. The summed E-state index contributed by atoms with van der Waals surface area (Å²) in [6, 6.07) is 5.47. The van der Waals surface area contributed by atoms with Crippen molar-refractivity contribution in [3.8, 4) is 6.07 Å². The fraction of sp³-hybridized carbons (Fsp3) is 0.500. The van der Waals surface area contributed by atoms with E-state index in [0.29, 0.717) is 12.1 Å². The second kappa shape index (κ2) is 4.77. The van der Waals surface area contributed by atoms with Gasteiger partial charge in [0.2, 0.25) is 5.60 Å². The zero-order chi connectivity index (χ0) is 15.2. The lowest BCUT2D eigenvalue weighted by atomic mass is 9.92. The van der Waals surface area contributed by atoms with Gasteiger partial charge in [-0.1, -0.05) is 6.92 Å². The normalized spacial score (nSPS) is 32.4. The summed E-state index contributed by atoms with van der Waals surface area (Å²) in [6.07, 6.45) is -1.15. The summed E-state index contributed by atoms with van der Waals surface area (Å²) >= 11 is 0. The van der Waals surface area contributed by atoms with Crippen LogP contribution in [-0.4, -0.2) is 43.1 Å². The Kier molecular flexibility index (Phi) is 3.17. The first-order chi connectivity index (χ1) is 10.0. The highest BCUT2D eigenvalue weighted by Gasteiger charge is 2.56. The molecule has 2 aromatic rings. The van der Waals surface area contributed by atoms with Crippen LogP contribution in [0.25, 0.3) is 5.52 Å². The number of aliphatic hydroxyl groups is 2. The first-order valence-electron chi connectivity index (χ1n) is 6.80. The van der Waals surface area contributed by atoms with Crippen LogP contribution in [0.15, 0.2) is 18.5 Å². The van der Waals surface area contributed by atoms with Crippen LogP contribution >= 0.6 is 0 Å². The lowest BCUT2D eigenvalue weighted by Crippen LogP contribution is -2.40. The van der Waals surface area contributed by atoms with Crippen molar-refractivity contribution in [2.24, 2.45) is 0 Å². The number of rotatable bonds is 2. The van der Waals surface area contributed by atoms with Gasteiger partial charge in [-0.2, -0.15) is 10.4 Å². The highest BCUT2D eigenvalue weighted by molar-refractivity contribution is 5.54. The smallest absolute Gasteiger partial charge is 0.225 e. The number of hydrogen-bond acceptors (Lipinski definition) is 6. The second-order valence-corrected chi connectivity index (χ2v) is 5.21. The van der Waals surface area contributed by atoms with Gasteiger partial charge in [0.05, 0.1) is 23.0 Å². The van der Waals surface area contributed by atoms with Crippen LogP contribution in [0.4, 0.5) is 0 Å². The zero-order valence-corrected chi connectivity index (χ0v) is 11.8. The summed E-state index contributed by atoms with van der Waals surface area (Å²) in [6.45, 7) is 3.66. The van der Waals surface area contributed by atoms with E-state index >= 15 is 0 Å². The lowest BCUT2D eigenvalue weighted by Gasteiger charge is -2.24. The number of hydrogen-bond donors (Lipinski definition) is 2. The lowest BCUT2D eigenvalue weighted by molar-refractivity contribution is -0.0510. The van der Waals surface area contributed by atoms with Gasteiger partial charge in [0.1, 0.15) is 24.6 Å². The molecular weight excluding hydrogens is 272 g/mol. The molecule has 0 unspecified atom stereocenters. The highest BCUT2D eigenvalue weighted by atomic mass is 16.6. The van der Waals surface area contributed by atoms with Gasteiger partial charge < -0.3 is 14.9 Å². The van der Waals surface area contributed by atoms with Crippen LogP contribution in [-0.2, 0) is 10.3 Å². The molecular formula is C14H16N4O3. The molecule has 1 saturated heterocycles. The van der Waals surface area contributed by atoms with Gasteiger partial charge in [0, 0.05) is 0 Å². The van der Waals surface area contributed by atoms with Gasteiger partial charge in [-0.15, -0.1) is 0 Å². The predicted molar refractivity (Wildman–Crippen MR) is 72.2 cm³/mol. The molecule has 0 amide bonds. The maximum atomic E-state index is 10.4. The van der Waals surface area contributed by atoms with Crippen LogP contribution in [0.5, 0.6) is 0 Å². The molecule has 0 spiro atoms. The number of nitrogens with zero attached hydrogens (tertiary/aromatic N) is 4. The molecule has 4 atom stereocenters. The van der Waals surface area contributed by atoms with E-state index in [-0.39, 0.29) is 0 Å². The predicted octanol–water partition coefficient (Wildman–Crippen LogP) is 0.287. The minimum Gasteiger partial charge on any atom is -0.388 e. The molecule has 3 rings (SSSR count). The van der Waals surface area contributed by atoms with Crippen LogP contribution in [0, 0.1) is 18.3 Å². The fourth-order valence-electron chi connectivity index (χ4n) is 2.85. The molecule has 3 heterocycles. The second-order valence-electron chi connectivity index (χ2n) is 5.21. The quantitative estimate of drug-likeness (QED) is 0.823. The number of aliphatic hydroxyl groups excluding tert-OH is 2. The van der Waals surface area contributed by atoms with Gasteiger partial charge in [-0.05, 0) is 25.5 Å². The highest BCUT2D eigenvalue weighted by Crippen LogP contribution is 2.40. The van der Waals surface area contributed by atoms with E-state index in [1.165, 1.54) is 10.8 Å². The molecule has 7 heteroatoms. The Hall–Kier alpha value is -2.01. The van der Waals surface area contributed by atoms with Crippen molar-refractivity contribution in [1.82, 2.24) is 14.6 Å². The molecule has 0 aliphatic carbocycles. The summed E-state index contributed by atoms with van der Waals surface area (Å²) in [5, 5.41) is 34.2. The molecule has 0 bridgehead atoms. The third kappa shape index (κ3) is 1.77. The average molecular weight is 288 g/mol. The number of nitriles is 1. The molecule has 2 aromatic heterocycles. The number of fused-ring (bicyclic) bond motifs is 1. The van der Waals surface area contributed by atoms with E-state index in [4.69, 9.17) is 4.74 Å². The van der Waals surface area contributed by atoms with E-state index in [9.17, 15) is 15.5 Å². The largest absolute Gasteiger partial charge is 0.388 e. The Bertz CT molecular complexity index is 723. The molecule has 0 aromatic carbocycles. The third-order valence-corrected chi connectivity index (χ3v) is 4.05. The Morgan fingerprint density at radius 1 is 1.48 bits per heavy atom. The Morgan fingerprint density at radius 2 is 2.24 bits per heavy atom. The summed E-state index contributed by atoms with van der Waals surface area (Å²) in [7, 11) is 0. The van der Waals surface area contributed by atoms with Gasteiger partial charge in [-0.25, -0.2) is 9.50 Å². The molecule has 0 saturated carbocycles. The van der Waals surface area contributed by atoms with Crippen molar-refractivity contribution in [3.63, 3.8) is 0 Å². The third-order valence-electron chi connectivity index (χ3n) is 4.05. The molecule has 1 aliphatic heterocycles. The first-order valence-corrected chi connectivity index (χ1v) is 6.80. The average Bonchev–Trinajstić information content (AvgIpc) is 3.03. The minimum atomic E-state index is -1.63. The monoisotopic (exact) mass is 288 g/mol. The molecule has 1 fully saturated rings. The number of aryl methyl sites for hydroxylation is 1. The SMILES string of the molecule is CC[C@H]1O[C@@](C#N)(c2ccc3c(C)ncnn23)[C@H](O)[C@@H]1O. The van der Waals surface area contributed by atoms with Crippen LogP contribution in [0.1, 0.15) is 24.7 Å². The molecule has 1 aliphatic rings. The topological polar surface area (TPSA) is 104 Å². The van der Waals surface area contributed by atoms with Gasteiger partial charge in [-0.3, -0.25) is 0 Å². The Labute approximate surface area is 121 Å². The van der Waals surface area contributed by atoms with Gasteiger partial charge in [0.25, 0.3) is 0 Å². The number of ether oxygens (including phenoxy) is 1. The van der Waals surface area contributed by atoms with E-state index in [0.717, 1.165) is 11.2 Å². The van der Waals surface area contributed by atoms with Gasteiger partial charge in [0.15, 0.2) is 0 Å². The molecule has 21 heavy (non-hydrogen) atoms. The standard InChI is InChI=1S/C14H16N4O3/c1-3-10-12(19)13(20)14(6-15,21-10)11-5-4-9-8(2)16-7-17-18(9)11/h4-5,7,10,12-13,19-20H,3H2,1-2H3/t10-,12-,13-,14+/m1/s1. The van der Waals surface area contributed by atoms with Crippen molar-refractivity contribution in [1.29, 1.82) is 5.26 Å². The Morgan fingerprint density at radius 3 is 2.86 bits per heavy atom. The van der Waals surface area contributed by atoms with Crippen molar-refractivity contribution in [2.75, 3.05) is 0 Å². The number of aromatic nitrogens is 3. The summed E-state index contributed by atoms with van der Waals surface area (Å²) < 4.78 is 7.25. The molecule has 7 nitrogen and oxygen atoms in total.